The van der Waals surface area contributed by atoms with E-state index in [1.165, 1.54) is 5.56 Å². The molecule has 3 aromatic rings. The van der Waals surface area contributed by atoms with E-state index in [9.17, 15) is 0 Å². The zero-order chi connectivity index (χ0) is 20.2. The molecule has 0 aliphatic carbocycles. The number of hydrogen-bond donors (Lipinski definition) is 0. The highest BCUT2D eigenvalue weighted by atomic mass is 32.2. The summed E-state index contributed by atoms with van der Waals surface area (Å²) in [5, 5.41) is 4.90. The highest BCUT2D eigenvalue weighted by Crippen LogP contribution is 2.32. The lowest BCUT2D eigenvalue weighted by Crippen LogP contribution is -2.27. The highest BCUT2D eigenvalue weighted by Gasteiger charge is 2.28. The molecule has 152 valence electrons. The summed E-state index contributed by atoms with van der Waals surface area (Å²) in [6.07, 6.45) is 0. The molecule has 1 atom stereocenters. The summed E-state index contributed by atoms with van der Waals surface area (Å²) in [6, 6.07) is 19.0. The molecule has 0 saturated carbocycles. The fraction of sp³-hybridized carbons (Fsp3) is 0.391. The van der Waals surface area contributed by atoms with E-state index < -0.39 is 0 Å². The van der Waals surface area contributed by atoms with Gasteiger partial charge in [0.1, 0.15) is 11.6 Å². The van der Waals surface area contributed by atoms with Crippen LogP contribution in [-0.4, -0.2) is 51.9 Å². The number of benzene rings is 2. The van der Waals surface area contributed by atoms with Crippen LogP contribution in [0.25, 0.3) is 11.4 Å². The van der Waals surface area contributed by atoms with Crippen LogP contribution in [0, 0.1) is 0 Å². The second-order valence-electron chi connectivity index (χ2n) is 7.89. The molecule has 4 rings (SSSR count). The minimum absolute atomic E-state index is 0.162. The molecule has 2 heterocycles. The zero-order valence-electron chi connectivity index (χ0n) is 17.3. The van der Waals surface area contributed by atoms with Crippen molar-refractivity contribution in [2.45, 2.75) is 25.4 Å². The maximum atomic E-state index is 5.99. The molecule has 2 aromatic carbocycles. The Balaban J connectivity index is 1.54. The van der Waals surface area contributed by atoms with Crippen LogP contribution in [0.5, 0.6) is 5.75 Å². The van der Waals surface area contributed by atoms with Crippen LogP contribution in [0.1, 0.15) is 30.3 Å². The average molecular weight is 409 g/mol. The Kier molecular flexibility index (Phi) is 6.21. The quantitative estimate of drug-likeness (QED) is 0.550. The van der Waals surface area contributed by atoms with E-state index in [4.69, 9.17) is 14.8 Å². The predicted molar refractivity (Wildman–Crippen MR) is 120 cm³/mol. The van der Waals surface area contributed by atoms with Gasteiger partial charge in [-0.2, -0.15) is 16.9 Å². The van der Waals surface area contributed by atoms with Crippen LogP contribution in [0.3, 0.4) is 0 Å². The number of thioether (sulfide) groups is 1. The van der Waals surface area contributed by atoms with Gasteiger partial charge in [0, 0.05) is 23.6 Å². The number of hydrogen-bond acceptors (Lipinski definition) is 5. The Morgan fingerprint density at radius 3 is 2.45 bits per heavy atom. The van der Waals surface area contributed by atoms with Crippen LogP contribution in [0.15, 0.2) is 54.6 Å². The van der Waals surface area contributed by atoms with Crippen LogP contribution >= 0.6 is 11.8 Å². The largest absolute Gasteiger partial charge is 0.493 e. The molecule has 1 aliphatic rings. The van der Waals surface area contributed by atoms with Crippen LogP contribution in [0.2, 0.25) is 0 Å². The molecule has 1 saturated heterocycles. The van der Waals surface area contributed by atoms with Crippen LogP contribution < -0.4 is 4.74 Å². The molecule has 1 unspecified atom stereocenters. The molecular weight excluding hydrogens is 380 g/mol. The van der Waals surface area contributed by atoms with Gasteiger partial charge in [-0.1, -0.05) is 49.4 Å². The monoisotopic (exact) mass is 408 g/mol. The molecule has 0 amide bonds. The molecule has 5 nitrogen and oxygen atoms in total. The third kappa shape index (κ3) is 4.82. The minimum Gasteiger partial charge on any atom is -0.493 e. The smallest absolute Gasteiger partial charge is 0.181 e. The zero-order valence-corrected chi connectivity index (χ0v) is 18.1. The van der Waals surface area contributed by atoms with Crippen molar-refractivity contribution in [3.8, 4) is 17.1 Å². The van der Waals surface area contributed by atoms with Gasteiger partial charge < -0.3 is 9.64 Å². The Bertz CT molecular complexity index is 920. The lowest BCUT2D eigenvalue weighted by atomic mass is 10.1. The van der Waals surface area contributed by atoms with Gasteiger partial charge in [-0.3, -0.25) is 0 Å². The fourth-order valence-corrected chi connectivity index (χ4v) is 4.09. The van der Waals surface area contributed by atoms with E-state index in [1.54, 1.807) is 0 Å². The van der Waals surface area contributed by atoms with Crippen molar-refractivity contribution in [1.82, 2.24) is 19.7 Å². The van der Waals surface area contributed by atoms with Gasteiger partial charge in [0.05, 0.1) is 18.6 Å². The number of rotatable bonds is 8. The van der Waals surface area contributed by atoms with Crippen molar-refractivity contribution in [1.29, 1.82) is 0 Å². The second kappa shape index (κ2) is 9.01. The average Bonchev–Trinajstić information content (AvgIpc) is 3.10. The molecular formula is C23H28N4OS. The molecule has 1 fully saturated rings. The van der Waals surface area contributed by atoms with Crippen molar-refractivity contribution in [3.63, 3.8) is 0 Å². The lowest BCUT2D eigenvalue weighted by molar-refractivity contribution is 0.285. The number of para-hydroxylation sites is 1. The van der Waals surface area contributed by atoms with E-state index >= 15 is 0 Å². The van der Waals surface area contributed by atoms with E-state index in [2.05, 4.69) is 54.9 Å². The van der Waals surface area contributed by atoms with Gasteiger partial charge in [-0.25, -0.2) is 9.67 Å². The Morgan fingerprint density at radius 2 is 1.83 bits per heavy atom. The maximum absolute atomic E-state index is 5.99. The maximum Gasteiger partial charge on any atom is 0.181 e. The van der Waals surface area contributed by atoms with Gasteiger partial charge in [-0.15, -0.1) is 0 Å². The molecule has 0 radical (unpaired) electrons. The molecule has 0 N–H and O–H groups in total. The van der Waals surface area contributed by atoms with E-state index in [0.29, 0.717) is 12.6 Å². The van der Waals surface area contributed by atoms with E-state index in [1.807, 2.05) is 42.1 Å². The Hall–Kier alpha value is -2.31. The summed E-state index contributed by atoms with van der Waals surface area (Å²) >= 11 is 1.96. The Labute approximate surface area is 177 Å². The van der Waals surface area contributed by atoms with Crippen LogP contribution in [-0.2, 0) is 6.54 Å². The van der Waals surface area contributed by atoms with Crippen molar-refractivity contribution in [3.05, 3.63) is 66.0 Å². The predicted octanol–water partition coefficient (Wildman–Crippen LogP) is 4.48. The van der Waals surface area contributed by atoms with Crippen molar-refractivity contribution in [2.24, 2.45) is 0 Å². The van der Waals surface area contributed by atoms with Crippen LogP contribution in [0.4, 0.5) is 0 Å². The number of aromatic nitrogens is 3. The summed E-state index contributed by atoms with van der Waals surface area (Å²) in [5.74, 6) is 5.07. The summed E-state index contributed by atoms with van der Waals surface area (Å²) in [7, 11) is 4.16. The van der Waals surface area contributed by atoms with Gasteiger partial charge in [0.2, 0.25) is 0 Å². The van der Waals surface area contributed by atoms with E-state index in [-0.39, 0.29) is 5.92 Å². The fourth-order valence-electron chi connectivity index (χ4n) is 3.36. The summed E-state index contributed by atoms with van der Waals surface area (Å²) < 4.78 is 8.12. The van der Waals surface area contributed by atoms with Gasteiger partial charge in [0.15, 0.2) is 5.82 Å². The van der Waals surface area contributed by atoms with Gasteiger partial charge in [-0.05, 0) is 31.8 Å². The minimum atomic E-state index is 0.162. The standard InChI is InChI=1S/C23H28N4OS/c1-17(14-28-21-7-5-4-6-8-21)23-24-22(25-27(23)20-15-29-16-20)19-11-9-18(10-12-19)13-26(2)3/h4-12,17,20H,13-16H2,1-3H3. The summed E-state index contributed by atoms with van der Waals surface area (Å²) in [5.41, 5.74) is 2.36. The van der Waals surface area contributed by atoms with Crippen molar-refractivity contribution in [2.75, 3.05) is 32.2 Å². The highest BCUT2D eigenvalue weighted by molar-refractivity contribution is 8.00. The Morgan fingerprint density at radius 1 is 1.10 bits per heavy atom. The lowest BCUT2D eigenvalue weighted by Gasteiger charge is -2.27. The molecule has 29 heavy (non-hydrogen) atoms. The first kappa shape index (κ1) is 20.0. The molecule has 6 heteroatoms. The first-order valence-electron chi connectivity index (χ1n) is 10.1. The third-order valence-electron chi connectivity index (χ3n) is 5.02. The first-order chi connectivity index (χ1) is 14.1. The molecule has 1 aromatic heterocycles. The van der Waals surface area contributed by atoms with Gasteiger partial charge >= 0.3 is 0 Å². The van der Waals surface area contributed by atoms with E-state index in [0.717, 1.165) is 41.0 Å². The summed E-state index contributed by atoms with van der Waals surface area (Å²) in [4.78, 5) is 7.11. The van der Waals surface area contributed by atoms with Gasteiger partial charge in [0.25, 0.3) is 0 Å². The molecule has 1 aliphatic heterocycles. The summed E-state index contributed by atoms with van der Waals surface area (Å²) in [6.45, 7) is 3.68. The number of ether oxygens (including phenoxy) is 1. The number of nitrogens with zero attached hydrogens (tertiary/aromatic N) is 4. The first-order valence-corrected chi connectivity index (χ1v) is 11.2. The normalized spacial score (nSPS) is 15.3. The third-order valence-corrected chi connectivity index (χ3v) is 6.26. The van der Waals surface area contributed by atoms with Crippen molar-refractivity contribution < 1.29 is 4.74 Å². The molecule has 0 bridgehead atoms. The molecule has 0 spiro atoms. The van der Waals surface area contributed by atoms with Crippen molar-refractivity contribution >= 4 is 11.8 Å². The topological polar surface area (TPSA) is 43.2 Å². The second-order valence-corrected chi connectivity index (χ2v) is 8.96. The SMILES string of the molecule is CC(COc1ccccc1)c1nc(-c2ccc(CN(C)C)cc2)nn1C1CSC1.